The highest BCUT2D eigenvalue weighted by Crippen LogP contribution is 2.29. The Morgan fingerprint density at radius 3 is 2.41 bits per heavy atom. The standard InChI is InChI=1S/C30H34FN5O2S/c1-7-27(37)33-21-9-11-22(12-10-21)36-24-13-8-20(17-32-19(3)30(4,5)6)16-23(24)34-29(36)35-28(38)26-15-14-25(39-26)18(2)31/h7-16,18-19,32H,1,17H2,2-6H3,(H,33,37)(H,34,35,38)/t18?,19-/m0/s1. The number of imidazole rings is 1. The summed E-state index contributed by atoms with van der Waals surface area (Å²) in [5, 5.41) is 9.22. The Labute approximate surface area is 232 Å². The predicted molar refractivity (Wildman–Crippen MR) is 157 cm³/mol. The maximum absolute atomic E-state index is 13.7. The van der Waals surface area contributed by atoms with E-state index >= 15 is 0 Å². The van der Waals surface area contributed by atoms with Crippen LogP contribution in [0.1, 0.15) is 60.9 Å². The SMILES string of the molecule is C=CC(=O)Nc1ccc(-n2c(NC(=O)c3ccc(C(C)F)s3)nc3cc(CN[C@@H](C)C(C)(C)C)ccc32)cc1. The molecule has 2 amide bonds. The molecule has 0 aliphatic rings. The summed E-state index contributed by atoms with van der Waals surface area (Å²) in [6.45, 7) is 14.4. The number of alkyl halides is 1. The van der Waals surface area contributed by atoms with Crippen molar-refractivity contribution < 1.29 is 14.0 Å². The molecular formula is C30H34FN5O2S. The van der Waals surface area contributed by atoms with Gasteiger partial charge in [-0.3, -0.25) is 19.5 Å². The number of carbonyl (C=O) groups excluding carboxylic acids is 2. The highest BCUT2D eigenvalue weighted by molar-refractivity contribution is 7.14. The molecule has 2 aromatic carbocycles. The normalized spacial score (nSPS) is 13.2. The lowest BCUT2D eigenvalue weighted by Gasteiger charge is -2.28. The fourth-order valence-corrected chi connectivity index (χ4v) is 4.73. The minimum Gasteiger partial charge on any atom is -0.323 e. The van der Waals surface area contributed by atoms with Crippen molar-refractivity contribution in [1.82, 2.24) is 14.9 Å². The molecule has 0 saturated heterocycles. The van der Waals surface area contributed by atoms with Gasteiger partial charge >= 0.3 is 0 Å². The van der Waals surface area contributed by atoms with Crippen LogP contribution in [0.25, 0.3) is 16.7 Å². The summed E-state index contributed by atoms with van der Waals surface area (Å²) in [7, 11) is 0. The number of halogens is 1. The molecule has 3 N–H and O–H groups in total. The second kappa shape index (κ2) is 11.5. The summed E-state index contributed by atoms with van der Waals surface area (Å²) in [5.41, 5.74) is 4.10. The highest BCUT2D eigenvalue weighted by atomic mass is 32.1. The van der Waals surface area contributed by atoms with Gasteiger partial charge < -0.3 is 10.6 Å². The minimum absolute atomic E-state index is 0.127. The molecule has 0 bridgehead atoms. The van der Waals surface area contributed by atoms with E-state index in [-0.39, 0.29) is 17.2 Å². The first kappa shape index (κ1) is 28.2. The lowest BCUT2D eigenvalue weighted by molar-refractivity contribution is -0.111. The molecule has 0 spiro atoms. The fraction of sp³-hybridized carbons (Fsp3) is 0.300. The van der Waals surface area contributed by atoms with Crippen molar-refractivity contribution in [2.24, 2.45) is 5.41 Å². The molecule has 0 radical (unpaired) electrons. The maximum Gasteiger partial charge on any atom is 0.268 e. The zero-order chi connectivity index (χ0) is 28.3. The van der Waals surface area contributed by atoms with E-state index in [0.717, 1.165) is 33.6 Å². The molecule has 9 heteroatoms. The molecule has 2 aromatic heterocycles. The summed E-state index contributed by atoms with van der Waals surface area (Å²) < 4.78 is 15.6. The van der Waals surface area contributed by atoms with Gasteiger partial charge in [-0.2, -0.15) is 0 Å². The number of carbonyl (C=O) groups is 2. The Morgan fingerprint density at radius 1 is 1.08 bits per heavy atom. The third kappa shape index (κ3) is 6.61. The first-order valence-corrected chi connectivity index (χ1v) is 13.6. The monoisotopic (exact) mass is 547 g/mol. The molecule has 1 unspecified atom stereocenters. The van der Waals surface area contributed by atoms with Gasteiger partial charge in [0, 0.05) is 28.8 Å². The van der Waals surface area contributed by atoms with E-state index in [2.05, 4.69) is 50.2 Å². The maximum atomic E-state index is 13.7. The topological polar surface area (TPSA) is 88.1 Å². The molecular weight excluding hydrogens is 513 g/mol. The smallest absolute Gasteiger partial charge is 0.268 e. The molecule has 7 nitrogen and oxygen atoms in total. The number of nitrogens with one attached hydrogen (secondary N) is 3. The molecule has 204 valence electrons. The van der Waals surface area contributed by atoms with Crippen LogP contribution in [0.3, 0.4) is 0 Å². The second-order valence-electron chi connectivity index (χ2n) is 10.6. The van der Waals surface area contributed by atoms with Crippen LogP contribution in [0.5, 0.6) is 0 Å². The Kier molecular flexibility index (Phi) is 8.32. The van der Waals surface area contributed by atoms with Crippen LogP contribution in [0.4, 0.5) is 16.0 Å². The lowest BCUT2D eigenvalue weighted by Crippen LogP contribution is -2.37. The largest absolute Gasteiger partial charge is 0.323 e. The minimum atomic E-state index is -1.14. The number of thiophene rings is 1. The van der Waals surface area contributed by atoms with Gasteiger partial charge in [0.15, 0.2) is 0 Å². The average molecular weight is 548 g/mol. The van der Waals surface area contributed by atoms with E-state index in [9.17, 15) is 14.0 Å². The fourth-order valence-electron chi connectivity index (χ4n) is 3.90. The van der Waals surface area contributed by atoms with Crippen molar-refractivity contribution in [2.75, 3.05) is 10.6 Å². The summed E-state index contributed by atoms with van der Waals surface area (Å²) in [6, 6.07) is 16.8. The lowest BCUT2D eigenvalue weighted by atomic mass is 9.88. The van der Waals surface area contributed by atoms with Gasteiger partial charge in [0.25, 0.3) is 5.91 Å². The first-order chi connectivity index (χ1) is 18.5. The number of rotatable bonds is 9. The third-order valence-electron chi connectivity index (χ3n) is 6.68. The molecule has 0 aliphatic carbocycles. The van der Waals surface area contributed by atoms with E-state index in [1.807, 2.05) is 34.9 Å². The molecule has 2 atom stereocenters. The number of aromatic nitrogens is 2. The Hall–Kier alpha value is -3.82. The van der Waals surface area contributed by atoms with Crippen molar-refractivity contribution in [1.29, 1.82) is 0 Å². The predicted octanol–water partition coefficient (Wildman–Crippen LogP) is 7.02. The van der Waals surface area contributed by atoms with E-state index in [1.165, 1.54) is 13.0 Å². The van der Waals surface area contributed by atoms with Crippen molar-refractivity contribution in [3.05, 3.63) is 82.6 Å². The van der Waals surface area contributed by atoms with E-state index in [4.69, 9.17) is 4.98 Å². The summed E-state index contributed by atoms with van der Waals surface area (Å²) in [6.07, 6.45) is 0.0634. The molecule has 4 rings (SSSR count). The Balaban J connectivity index is 1.70. The van der Waals surface area contributed by atoms with Gasteiger partial charge in [-0.15, -0.1) is 11.3 Å². The number of hydrogen-bond donors (Lipinski definition) is 3. The van der Waals surface area contributed by atoms with Gasteiger partial charge in [-0.25, -0.2) is 9.37 Å². The summed E-state index contributed by atoms with van der Waals surface area (Å²) in [5.74, 6) is -0.322. The highest BCUT2D eigenvalue weighted by Gasteiger charge is 2.21. The zero-order valence-corrected chi connectivity index (χ0v) is 23.7. The molecule has 2 heterocycles. The molecule has 0 aliphatic heterocycles. The third-order valence-corrected chi connectivity index (χ3v) is 7.91. The van der Waals surface area contributed by atoms with E-state index in [1.54, 1.807) is 24.3 Å². The van der Waals surface area contributed by atoms with Crippen LogP contribution in [-0.2, 0) is 11.3 Å². The van der Waals surface area contributed by atoms with Crippen molar-refractivity contribution in [3.63, 3.8) is 0 Å². The summed E-state index contributed by atoms with van der Waals surface area (Å²) >= 11 is 1.12. The summed E-state index contributed by atoms with van der Waals surface area (Å²) in [4.78, 5) is 30.5. The molecule has 0 fully saturated rings. The van der Waals surface area contributed by atoms with Crippen LogP contribution < -0.4 is 16.0 Å². The quantitative estimate of drug-likeness (QED) is 0.197. The molecule has 0 saturated carbocycles. The van der Waals surface area contributed by atoms with Gasteiger partial charge in [0.1, 0.15) is 6.17 Å². The van der Waals surface area contributed by atoms with Crippen LogP contribution in [0.2, 0.25) is 0 Å². The number of nitrogens with zero attached hydrogens (tertiary/aromatic N) is 2. The first-order valence-electron chi connectivity index (χ1n) is 12.8. The number of anilines is 2. The number of fused-ring (bicyclic) bond motifs is 1. The zero-order valence-electron chi connectivity index (χ0n) is 22.8. The number of amides is 2. The second-order valence-corrected chi connectivity index (χ2v) is 11.7. The van der Waals surface area contributed by atoms with Crippen LogP contribution in [0, 0.1) is 5.41 Å². The van der Waals surface area contributed by atoms with Gasteiger partial charge in [-0.1, -0.05) is 33.4 Å². The van der Waals surface area contributed by atoms with Crippen molar-refractivity contribution in [3.8, 4) is 5.69 Å². The van der Waals surface area contributed by atoms with Gasteiger partial charge in [0.05, 0.1) is 15.9 Å². The van der Waals surface area contributed by atoms with Crippen LogP contribution in [-0.4, -0.2) is 27.4 Å². The van der Waals surface area contributed by atoms with Crippen molar-refractivity contribution >= 4 is 45.8 Å². The number of benzene rings is 2. The van der Waals surface area contributed by atoms with Crippen LogP contribution in [0.15, 0.2) is 67.3 Å². The Bertz CT molecular complexity index is 1500. The molecule has 39 heavy (non-hydrogen) atoms. The van der Waals surface area contributed by atoms with Crippen molar-refractivity contribution in [2.45, 2.75) is 53.4 Å². The van der Waals surface area contributed by atoms with Crippen LogP contribution >= 0.6 is 11.3 Å². The van der Waals surface area contributed by atoms with Gasteiger partial charge in [-0.05, 0) is 79.4 Å². The number of hydrogen-bond acceptors (Lipinski definition) is 5. The molecule has 4 aromatic rings. The van der Waals surface area contributed by atoms with E-state index < -0.39 is 6.17 Å². The van der Waals surface area contributed by atoms with Gasteiger partial charge in [0.2, 0.25) is 11.9 Å². The average Bonchev–Trinajstić information content (AvgIpc) is 3.52. The Morgan fingerprint density at radius 2 is 1.79 bits per heavy atom. The van der Waals surface area contributed by atoms with E-state index in [0.29, 0.717) is 34.0 Å².